The van der Waals surface area contributed by atoms with Crippen molar-refractivity contribution in [1.82, 2.24) is 10.2 Å². The number of halogens is 4. The Morgan fingerprint density at radius 2 is 1.83 bits per heavy atom. The Kier molecular flexibility index (Phi) is 6.64. The number of alkyl halides is 3. The lowest BCUT2D eigenvalue weighted by Crippen LogP contribution is -2.28. The minimum absolute atomic E-state index is 0.183. The van der Waals surface area contributed by atoms with E-state index in [1.165, 1.54) is 12.1 Å². The van der Waals surface area contributed by atoms with Crippen LogP contribution in [0.25, 0.3) is 0 Å². The van der Waals surface area contributed by atoms with Gasteiger partial charge in [-0.05, 0) is 48.0 Å². The minimum Gasteiger partial charge on any atom is -0.358 e. The summed E-state index contributed by atoms with van der Waals surface area (Å²) in [4.78, 5) is 13.5. The molecule has 2 aromatic rings. The molecule has 0 saturated carbocycles. The van der Waals surface area contributed by atoms with Crippen molar-refractivity contribution in [2.45, 2.75) is 32.1 Å². The van der Waals surface area contributed by atoms with Crippen molar-refractivity contribution >= 4 is 40.5 Å². The molecule has 0 bridgehead atoms. The second-order valence-corrected chi connectivity index (χ2v) is 7.55. The van der Waals surface area contributed by atoms with Gasteiger partial charge in [0.25, 0.3) is 0 Å². The molecule has 1 saturated heterocycles. The number of hydrogen-bond acceptors (Lipinski definition) is 2. The quantitative estimate of drug-likeness (QED) is 0.643. The average Bonchev–Trinajstić information content (AvgIpc) is 3.06. The first-order valence-corrected chi connectivity index (χ1v) is 9.78. The van der Waals surface area contributed by atoms with E-state index in [1.807, 2.05) is 29.2 Å². The molecule has 3 rings (SSSR count). The molecule has 0 spiro atoms. The smallest absolute Gasteiger partial charge is 0.358 e. The van der Waals surface area contributed by atoms with Crippen molar-refractivity contribution in [2.24, 2.45) is 0 Å². The van der Waals surface area contributed by atoms with Crippen molar-refractivity contribution in [3.05, 3.63) is 64.2 Å². The van der Waals surface area contributed by atoms with E-state index in [1.54, 1.807) is 0 Å². The molecule has 0 radical (unpaired) electrons. The zero-order valence-electron chi connectivity index (χ0n) is 15.4. The highest BCUT2D eigenvalue weighted by molar-refractivity contribution is 7.80. The summed E-state index contributed by atoms with van der Waals surface area (Å²) in [6.07, 6.45) is -3.01. The Hall–Kier alpha value is -2.32. The number of carbonyl (C=O) groups excluding carboxylic acids is 1. The first kappa shape index (κ1) is 21.4. The number of benzene rings is 2. The second-order valence-electron chi connectivity index (χ2n) is 6.74. The van der Waals surface area contributed by atoms with Gasteiger partial charge in [-0.15, -0.1) is 0 Å². The minimum atomic E-state index is -4.54. The third-order valence-electron chi connectivity index (χ3n) is 4.55. The fourth-order valence-electron chi connectivity index (χ4n) is 3.03. The fourth-order valence-corrected chi connectivity index (χ4v) is 3.45. The van der Waals surface area contributed by atoms with Crippen LogP contribution in [0.5, 0.6) is 0 Å². The summed E-state index contributed by atoms with van der Waals surface area (Å²) >= 11 is 10.8. The summed E-state index contributed by atoms with van der Waals surface area (Å²) in [6, 6.07) is 11.3. The van der Waals surface area contributed by atoms with E-state index >= 15 is 0 Å². The fraction of sp³-hybridized carbons (Fsp3) is 0.300. The van der Waals surface area contributed by atoms with Crippen LogP contribution in [-0.4, -0.2) is 22.5 Å². The summed E-state index contributed by atoms with van der Waals surface area (Å²) in [7, 11) is 0. The van der Waals surface area contributed by atoms with E-state index in [-0.39, 0.29) is 21.7 Å². The van der Waals surface area contributed by atoms with Gasteiger partial charge in [-0.2, -0.15) is 13.2 Å². The van der Waals surface area contributed by atoms with E-state index in [2.05, 4.69) is 10.6 Å². The number of likely N-dealkylation sites (tertiary alicyclic amines) is 1. The van der Waals surface area contributed by atoms with Crippen LogP contribution < -0.4 is 10.6 Å². The van der Waals surface area contributed by atoms with Crippen LogP contribution in [0, 0.1) is 0 Å². The molecule has 29 heavy (non-hydrogen) atoms. The molecule has 1 fully saturated rings. The molecular formula is C20H19ClF3N3OS. The molecular weight excluding hydrogens is 423 g/mol. The first-order valence-electron chi connectivity index (χ1n) is 8.99. The van der Waals surface area contributed by atoms with Gasteiger partial charge in [0.2, 0.25) is 5.91 Å². The number of hydrogen-bond donors (Lipinski definition) is 2. The summed E-state index contributed by atoms with van der Waals surface area (Å²) in [5, 5.41) is 5.53. The first-order chi connectivity index (χ1) is 13.7. The monoisotopic (exact) mass is 441 g/mol. The van der Waals surface area contributed by atoms with Gasteiger partial charge in [-0.3, -0.25) is 4.79 Å². The number of rotatable bonds is 5. The van der Waals surface area contributed by atoms with Gasteiger partial charge in [-0.1, -0.05) is 35.9 Å². The van der Waals surface area contributed by atoms with Gasteiger partial charge in [0.05, 0.1) is 10.6 Å². The standard InChI is InChI=1S/C20H19ClF3N3OS/c21-17-8-7-15(10-16(17)20(22,23)24)26-19(29)25-11-13-3-5-14(6-4-13)12-27-9-1-2-18(27)28/h3-8,10H,1-2,9,11-12H2,(H2,25,26,29). The van der Waals surface area contributed by atoms with E-state index in [0.29, 0.717) is 19.5 Å². The number of amides is 1. The van der Waals surface area contributed by atoms with Crippen LogP contribution in [0.4, 0.5) is 18.9 Å². The molecule has 1 aliphatic heterocycles. The van der Waals surface area contributed by atoms with Crippen LogP contribution in [0.2, 0.25) is 5.02 Å². The third kappa shape index (κ3) is 5.83. The molecule has 154 valence electrons. The molecule has 1 heterocycles. The number of anilines is 1. The number of carbonyl (C=O) groups is 1. The highest BCUT2D eigenvalue weighted by Crippen LogP contribution is 2.36. The summed E-state index contributed by atoms with van der Waals surface area (Å²) in [5.74, 6) is 0.183. The lowest BCUT2D eigenvalue weighted by Gasteiger charge is -2.16. The van der Waals surface area contributed by atoms with E-state index in [4.69, 9.17) is 23.8 Å². The van der Waals surface area contributed by atoms with Crippen molar-refractivity contribution in [3.63, 3.8) is 0 Å². The molecule has 2 N–H and O–H groups in total. The van der Waals surface area contributed by atoms with Crippen LogP contribution >= 0.6 is 23.8 Å². The van der Waals surface area contributed by atoms with Crippen molar-refractivity contribution < 1.29 is 18.0 Å². The van der Waals surface area contributed by atoms with E-state index in [0.717, 1.165) is 30.2 Å². The SMILES string of the molecule is O=C1CCCN1Cc1ccc(CNC(=S)Nc2ccc(Cl)c(C(F)(F)F)c2)cc1. The van der Waals surface area contributed by atoms with Gasteiger partial charge in [0.15, 0.2) is 5.11 Å². The maximum atomic E-state index is 12.9. The van der Waals surface area contributed by atoms with E-state index in [9.17, 15) is 18.0 Å². The molecule has 1 amide bonds. The summed E-state index contributed by atoms with van der Waals surface area (Å²) in [6.45, 7) is 1.81. The highest BCUT2D eigenvalue weighted by Gasteiger charge is 2.33. The molecule has 0 unspecified atom stereocenters. The number of nitrogens with zero attached hydrogens (tertiary/aromatic N) is 1. The van der Waals surface area contributed by atoms with Crippen LogP contribution in [0.1, 0.15) is 29.5 Å². The van der Waals surface area contributed by atoms with Gasteiger partial charge >= 0.3 is 6.18 Å². The summed E-state index contributed by atoms with van der Waals surface area (Å²) < 4.78 is 38.8. The van der Waals surface area contributed by atoms with Crippen LogP contribution in [0.3, 0.4) is 0 Å². The van der Waals surface area contributed by atoms with Crippen LogP contribution in [0.15, 0.2) is 42.5 Å². The average molecular weight is 442 g/mol. The topological polar surface area (TPSA) is 44.4 Å². The molecule has 4 nitrogen and oxygen atoms in total. The predicted octanol–water partition coefficient (Wildman–Crippen LogP) is 4.97. The molecule has 0 aromatic heterocycles. The number of thiocarbonyl (C=S) groups is 1. The molecule has 0 aliphatic carbocycles. The van der Waals surface area contributed by atoms with E-state index < -0.39 is 11.7 Å². The zero-order valence-corrected chi connectivity index (χ0v) is 16.9. The largest absolute Gasteiger partial charge is 0.417 e. The maximum absolute atomic E-state index is 12.9. The highest BCUT2D eigenvalue weighted by atomic mass is 35.5. The molecule has 1 aliphatic rings. The van der Waals surface area contributed by atoms with Gasteiger partial charge in [-0.25, -0.2) is 0 Å². The Balaban J connectivity index is 1.52. The summed E-state index contributed by atoms with van der Waals surface area (Å²) in [5.41, 5.74) is 1.28. The Bertz CT molecular complexity index is 903. The van der Waals surface area contributed by atoms with Crippen molar-refractivity contribution in [1.29, 1.82) is 0 Å². The Morgan fingerprint density at radius 1 is 1.14 bits per heavy atom. The van der Waals surface area contributed by atoms with Crippen molar-refractivity contribution in [2.75, 3.05) is 11.9 Å². The lowest BCUT2D eigenvalue weighted by molar-refractivity contribution is -0.137. The van der Waals surface area contributed by atoms with Crippen LogP contribution in [-0.2, 0) is 24.1 Å². The third-order valence-corrected chi connectivity index (χ3v) is 5.13. The molecule has 2 aromatic carbocycles. The van der Waals surface area contributed by atoms with Gasteiger partial charge < -0.3 is 15.5 Å². The van der Waals surface area contributed by atoms with Crippen molar-refractivity contribution in [3.8, 4) is 0 Å². The molecule has 9 heteroatoms. The Morgan fingerprint density at radius 3 is 2.45 bits per heavy atom. The van der Waals surface area contributed by atoms with Gasteiger partial charge in [0, 0.05) is 31.7 Å². The lowest BCUT2D eigenvalue weighted by atomic mass is 10.1. The normalized spacial score (nSPS) is 14.2. The predicted molar refractivity (Wildman–Crippen MR) is 111 cm³/mol. The van der Waals surface area contributed by atoms with Gasteiger partial charge in [0.1, 0.15) is 0 Å². The second kappa shape index (κ2) is 9.00. The zero-order chi connectivity index (χ0) is 21.0. The Labute approximate surface area is 177 Å². The number of nitrogens with one attached hydrogen (secondary N) is 2. The maximum Gasteiger partial charge on any atom is 0.417 e. The molecule has 0 atom stereocenters.